The van der Waals surface area contributed by atoms with Crippen LogP contribution in [0.3, 0.4) is 0 Å². The summed E-state index contributed by atoms with van der Waals surface area (Å²) in [5.41, 5.74) is -3.80. The minimum Gasteiger partial charge on any atom is -0.493 e. The van der Waals surface area contributed by atoms with Crippen molar-refractivity contribution in [1.82, 2.24) is 4.90 Å². The van der Waals surface area contributed by atoms with Crippen LogP contribution in [-0.4, -0.2) is 124 Å². The highest BCUT2D eigenvalue weighted by Gasteiger charge is 2.89. The van der Waals surface area contributed by atoms with E-state index in [1.807, 2.05) is 0 Å². The van der Waals surface area contributed by atoms with E-state index in [1.165, 1.54) is 21.3 Å². The lowest BCUT2D eigenvalue weighted by Gasteiger charge is -2.70. The molecule has 1 heterocycles. The van der Waals surface area contributed by atoms with Crippen LogP contribution in [0.15, 0.2) is 36.4 Å². The number of carbonyl (C=O) groups excluding carboxylic acids is 2. The van der Waals surface area contributed by atoms with Crippen molar-refractivity contribution >= 4 is 17.6 Å². The lowest BCUT2D eigenvalue weighted by atomic mass is 9.44. The predicted octanol–water partition coefficient (Wildman–Crippen LogP) is 3.54. The van der Waals surface area contributed by atoms with Crippen LogP contribution < -0.4 is 19.5 Å². The molecule has 13 heteroatoms. The lowest BCUT2D eigenvalue weighted by molar-refractivity contribution is -0.337. The molecule has 1 saturated heterocycles. The van der Waals surface area contributed by atoms with E-state index < -0.39 is 40.2 Å². The molecule has 0 radical (unpaired) electrons. The molecule has 53 heavy (non-hydrogen) atoms. The van der Waals surface area contributed by atoms with E-state index >= 15 is 0 Å². The normalized spacial score (nSPS) is 40.4. The van der Waals surface area contributed by atoms with Gasteiger partial charge in [-0.15, -0.1) is 0 Å². The van der Waals surface area contributed by atoms with Crippen molar-refractivity contribution in [2.75, 3.05) is 61.1 Å². The number of anilines is 1. The van der Waals surface area contributed by atoms with Gasteiger partial charge in [0.25, 0.3) is 5.91 Å². The molecule has 288 valence electrons. The SMILES string of the molecule is CCN1C[C@]2(OC(=O)c3ccccc3NC(=O)c3cc(OC)c(OC)c(OC)c3)CC[C@H](OC)[C@]34C1[C@H](C[C@H]23)[C@@]1(O)C[C@H](OC)[C@H]2C[C@@H]4[C@]1(O)[C@H]2OC. The quantitative estimate of drug-likeness (QED) is 0.289. The number of piperidine rings is 1. The van der Waals surface area contributed by atoms with Gasteiger partial charge in [0.15, 0.2) is 11.5 Å². The van der Waals surface area contributed by atoms with Crippen molar-refractivity contribution in [1.29, 1.82) is 0 Å². The number of hydrogen-bond donors (Lipinski definition) is 3. The van der Waals surface area contributed by atoms with Crippen LogP contribution in [0.25, 0.3) is 0 Å². The van der Waals surface area contributed by atoms with Gasteiger partial charge in [-0.1, -0.05) is 19.1 Å². The Bertz CT molecular complexity index is 1770. The van der Waals surface area contributed by atoms with Gasteiger partial charge in [0, 0.05) is 75.0 Å². The van der Waals surface area contributed by atoms with Crippen molar-refractivity contribution < 1.29 is 53.0 Å². The summed E-state index contributed by atoms with van der Waals surface area (Å²) in [6, 6.07) is 9.82. The summed E-state index contributed by atoms with van der Waals surface area (Å²) in [5.74, 6) is -1.04. The molecule has 5 aliphatic carbocycles. The average Bonchev–Trinajstić information content (AvgIpc) is 3.60. The average molecular weight is 737 g/mol. The summed E-state index contributed by atoms with van der Waals surface area (Å²) in [7, 11) is 9.47. The molecule has 13 nitrogen and oxygen atoms in total. The molecule has 7 bridgehead atoms. The fraction of sp³-hybridized carbons (Fsp3) is 0.650. The number of likely N-dealkylation sites (N-methyl/N-ethyl adjacent to an activating group) is 1. The standard InChI is InChI=1S/C40H52N2O11/c1-8-42-20-37(53-36(44)22-11-9-10-12-25(22)41-35(43)21-15-26(47-2)32(51-6)27(16-21)48-3)14-13-31(50-5)39-29(37)18-24(33(39)42)38(45)19-28(49-4)23-17-30(39)40(38,46)34(23)52-7/h9-12,15-16,23-24,28-31,33-34,45-46H,8,13-14,17-20H2,1-7H3,(H,41,43)/t23-,24+,28+,29-,30+,31+,33?,34+,37-,38+,39+,40+/m1/s1. The van der Waals surface area contributed by atoms with Crippen molar-refractivity contribution in [3.63, 3.8) is 0 Å². The van der Waals surface area contributed by atoms with E-state index in [9.17, 15) is 19.8 Å². The monoisotopic (exact) mass is 736 g/mol. The second kappa shape index (κ2) is 12.8. The fourth-order valence-electron chi connectivity index (χ4n) is 12.8. The zero-order valence-electron chi connectivity index (χ0n) is 31.5. The maximum Gasteiger partial charge on any atom is 0.340 e. The Labute approximate surface area is 310 Å². The predicted molar refractivity (Wildman–Crippen MR) is 191 cm³/mol. The zero-order valence-corrected chi connectivity index (χ0v) is 31.5. The molecule has 1 unspecified atom stereocenters. The smallest absolute Gasteiger partial charge is 0.340 e. The van der Waals surface area contributed by atoms with Crippen LogP contribution in [0.5, 0.6) is 17.2 Å². The number of nitrogens with zero attached hydrogens (tertiary/aromatic N) is 1. The highest BCUT2D eigenvalue weighted by atomic mass is 16.6. The van der Waals surface area contributed by atoms with E-state index in [2.05, 4.69) is 17.1 Å². The molecule has 3 N–H and O–H groups in total. The molecule has 5 saturated carbocycles. The lowest BCUT2D eigenvalue weighted by Crippen LogP contribution is -2.83. The van der Waals surface area contributed by atoms with Gasteiger partial charge in [0.1, 0.15) is 16.8 Å². The van der Waals surface area contributed by atoms with Gasteiger partial charge >= 0.3 is 5.97 Å². The van der Waals surface area contributed by atoms with Crippen molar-refractivity contribution in [2.24, 2.45) is 29.1 Å². The molecule has 2 aromatic carbocycles. The maximum absolute atomic E-state index is 14.6. The number of fused-ring (bicyclic) bond motifs is 2. The summed E-state index contributed by atoms with van der Waals surface area (Å²) in [5, 5.41) is 28.9. The first kappa shape index (κ1) is 36.5. The van der Waals surface area contributed by atoms with Gasteiger partial charge in [0.05, 0.1) is 50.9 Å². The molecule has 1 spiro atoms. The van der Waals surface area contributed by atoms with Crippen LogP contribution in [0.1, 0.15) is 59.7 Å². The number of aliphatic hydroxyl groups is 2. The van der Waals surface area contributed by atoms with Crippen LogP contribution in [-0.2, 0) is 18.9 Å². The van der Waals surface area contributed by atoms with Gasteiger partial charge < -0.3 is 48.7 Å². The highest BCUT2D eigenvalue weighted by molar-refractivity contribution is 6.08. The Hall–Kier alpha value is -3.46. The number of likely N-dealkylation sites (tertiary alicyclic amines) is 1. The van der Waals surface area contributed by atoms with Crippen molar-refractivity contribution in [3.8, 4) is 17.2 Å². The number of para-hydroxylation sites is 1. The summed E-state index contributed by atoms with van der Waals surface area (Å²) in [6.45, 7) is 3.26. The van der Waals surface area contributed by atoms with Crippen LogP contribution in [0.4, 0.5) is 5.69 Å². The fourth-order valence-corrected chi connectivity index (χ4v) is 12.8. The highest BCUT2D eigenvalue weighted by Crippen LogP contribution is 2.79. The molecular formula is C40H52N2O11. The number of amides is 1. The Morgan fingerprint density at radius 3 is 2.26 bits per heavy atom. The number of ether oxygens (including phenoxy) is 7. The number of methoxy groups -OCH3 is 6. The second-order valence-electron chi connectivity index (χ2n) is 15.9. The number of hydrogen-bond acceptors (Lipinski definition) is 12. The van der Waals surface area contributed by atoms with Crippen molar-refractivity contribution in [3.05, 3.63) is 47.5 Å². The minimum atomic E-state index is -1.53. The Morgan fingerprint density at radius 2 is 1.64 bits per heavy atom. The molecule has 1 amide bonds. The molecule has 2 aromatic rings. The molecule has 6 fully saturated rings. The van der Waals surface area contributed by atoms with Crippen LogP contribution in [0, 0.1) is 29.1 Å². The molecule has 6 aliphatic rings. The minimum absolute atomic E-state index is 0.0956. The van der Waals surface area contributed by atoms with E-state index in [-0.39, 0.29) is 53.0 Å². The third-order valence-electron chi connectivity index (χ3n) is 14.5. The molecule has 1 aliphatic heterocycles. The molecular weight excluding hydrogens is 684 g/mol. The molecule has 8 rings (SSSR count). The first-order chi connectivity index (χ1) is 25.5. The first-order valence-corrected chi connectivity index (χ1v) is 18.7. The number of carbonyl (C=O) groups is 2. The summed E-state index contributed by atoms with van der Waals surface area (Å²) < 4.78 is 41.7. The Morgan fingerprint density at radius 1 is 0.925 bits per heavy atom. The van der Waals surface area contributed by atoms with E-state index in [0.29, 0.717) is 68.1 Å². The largest absolute Gasteiger partial charge is 0.493 e. The first-order valence-electron chi connectivity index (χ1n) is 18.7. The molecule has 12 atom stereocenters. The van der Waals surface area contributed by atoms with E-state index in [4.69, 9.17) is 33.2 Å². The summed E-state index contributed by atoms with van der Waals surface area (Å²) in [6.07, 6.45) is 1.55. The van der Waals surface area contributed by atoms with Gasteiger partial charge in [0.2, 0.25) is 5.75 Å². The Balaban J connectivity index is 1.17. The third-order valence-corrected chi connectivity index (χ3v) is 14.5. The Kier molecular flexibility index (Phi) is 8.83. The topological polar surface area (TPSA) is 154 Å². The number of rotatable bonds is 11. The summed E-state index contributed by atoms with van der Waals surface area (Å²) in [4.78, 5) is 30.6. The van der Waals surface area contributed by atoms with Crippen LogP contribution >= 0.6 is 0 Å². The number of benzene rings is 2. The van der Waals surface area contributed by atoms with E-state index in [0.717, 1.165) is 0 Å². The van der Waals surface area contributed by atoms with Gasteiger partial charge in [-0.25, -0.2) is 4.79 Å². The molecule has 0 aromatic heterocycles. The van der Waals surface area contributed by atoms with Crippen LogP contribution in [0.2, 0.25) is 0 Å². The van der Waals surface area contributed by atoms with Gasteiger partial charge in [-0.2, -0.15) is 0 Å². The zero-order chi connectivity index (χ0) is 37.7. The number of nitrogens with one attached hydrogen (secondary N) is 1. The van der Waals surface area contributed by atoms with Crippen molar-refractivity contribution in [2.45, 2.75) is 80.2 Å². The van der Waals surface area contributed by atoms with Gasteiger partial charge in [-0.05, 0) is 56.5 Å². The number of esters is 1. The third kappa shape index (κ3) is 4.58. The van der Waals surface area contributed by atoms with Gasteiger partial charge in [-0.3, -0.25) is 9.69 Å². The summed E-state index contributed by atoms with van der Waals surface area (Å²) >= 11 is 0. The second-order valence-corrected chi connectivity index (χ2v) is 15.9. The maximum atomic E-state index is 14.6. The van der Waals surface area contributed by atoms with E-state index in [1.54, 1.807) is 57.7 Å².